The summed E-state index contributed by atoms with van der Waals surface area (Å²) in [6.07, 6.45) is 4.39. The number of nitriles is 1. The molecule has 0 radical (unpaired) electrons. The van der Waals surface area contributed by atoms with Gasteiger partial charge < -0.3 is 21.1 Å². The Morgan fingerprint density at radius 3 is 2.68 bits per heavy atom. The van der Waals surface area contributed by atoms with E-state index >= 15 is 0 Å². The van der Waals surface area contributed by atoms with E-state index in [2.05, 4.69) is 11.2 Å². The first-order valence-corrected chi connectivity index (χ1v) is 10.3. The van der Waals surface area contributed by atoms with E-state index < -0.39 is 0 Å². The predicted octanol–water partition coefficient (Wildman–Crippen LogP) is 3.61. The van der Waals surface area contributed by atoms with E-state index in [1.165, 1.54) is 0 Å². The fourth-order valence-corrected chi connectivity index (χ4v) is 3.62. The van der Waals surface area contributed by atoms with Crippen molar-refractivity contribution in [2.45, 2.75) is 25.8 Å². The molecular formula is C23H24ClN5O2. The van der Waals surface area contributed by atoms with Gasteiger partial charge in [0.05, 0.1) is 23.9 Å². The highest BCUT2D eigenvalue weighted by molar-refractivity contribution is 6.30. The Hall–Kier alpha value is -3.50. The van der Waals surface area contributed by atoms with Crippen LogP contribution in [0.15, 0.2) is 53.0 Å². The fraction of sp³-hybridized carbons (Fsp3) is 0.261. The number of benzene rings is 2. The van der Waals surface area contributed by atoms with Gasteiger partial charge in [-0.2, -0.15) is 5.26 Å². The minimum absolute atomic E-state index is 0.0782. The molecule has 0 aromatic heterocycles. The van der Waals surface area contributed by atoms with Crippen LogP contribution in [0.25, 0.3) is 5.70 Å². The molecule has 1 aliphatic heterocycles. The SMILES string of the molecule is Cc1cc(Cl)ccc1Oc1ccc(C(N)=C(C=O)C(N)=NC2CCCN(C#N)C2)cc1. The molecule has 7 nitrogen and oxygen atoms in total. The minimum Gasteiger partial charge on any atom is -0.457 e. The van der Waals surface area contributed by atoms with E-state index in [-0.39, 0.29) is 23.1 Å². The molecule has 3 rings (SSSR count). The normalized spacial score (nSPS) is 17.5. The number of hydrogen-bond acceptors (Lipinski definition) is 6. The molecule has 1 heterocycles. The number of aryl methyl sites for hydroxylation is 1. The number of nitrogens with zero attached hydrogens (tertiary/aromatic N) is 3. The summed E-state index contributed by atoms with van der Waals surface area (Å²) < 4.78 is 5.89. The molecule has 1 saturated heterocycles. The van der Waals surface area contributed by atoms with Crippen molar-refractivity contribution in [3.05, 3.63) is 64.2 Å². The van der Waals surface area contributed by atoms with Crippen molar-refractivity contribution in [3.8, 4) is 17.7 Å². The van der Waals surface area contributed by atoms with Crippen LogP contribution in [-0.4, -0.2) is 36.2 Å². The first kappa shape index (κ1) is 22.2. The molecule has 4 N–H and O–H groups in total. The zero-order chi connectivity index (χ0) is 22.4. The number of carbonyl (C=O) groups excluding carboxylic acids is 1. The van der Waals surface area contributed by atoms with E-state index in [1.807, 2.05) is 13.0 Å². The van der Waals surface area contributed by atoms with Crippen LogP contribution in [0, 0.1) is 18.4 Å². The van der Waals surface area contributed by atoms with Gasteiger partial charge in [0, 0.05) is 11.6 Å². The Morgan fingerprint density at radius 1 is 1.29 bits per heavy atom. The summed E-state index contributed by atoms with van der Waals surface area (Å²) in [5, 5.41) is 9.72. The molecule has 1 atom stereocenters. The summed E-state index contributed by atoms with van der Waals surface area (Å²) in [4.78, 5) is 17.8. The average Bonchev–Trinajstić information content (AvgIpc) is 2.76. The van der Waals surface area contributed by atoms with Crippen molar-refractivity contribution in [2.75, 3.05) is 13.1 Å². The zero-order valence-corrected chi connectivity index (χ0v) is 18.0. The van der Waals surface area contributed by atoms with Crippen LogP contribution >= 0.6 is 11.6 Å². The monoisotopic (exact) mass is 437 g/mol. The highest BCUT2D eigenvalue weighted by atomic mass is 35.5. The van der Waals surface area contributed by atoms with Crippen LogP contribution < -0.4 is 16.2 Å². The lowest BCUT2D eigenvalue weighted by molar-refractivity contribution is -0.104. The van der Waals surface area contributed by atoms with Gasteiger partial charge in [-0.15, -0.1) is 0 Å². The van der Waals surface area contributed by atoms with E-state index in [4.69, 9.17) is 33.1 Å². The molecule has 160 valence electrons. The van der Waals surface area contributed by atoms with E-state index in [1.54, 1.807) is 41.3 Å². The number of halogens is 1. The van der Waals surface area contributed by atoms with Gasteiger partial charge in [-0.05, 0) is 73.4 Å². The summed E-state index contributed by atoms with van der Waals surface area (Å²) >= 11 is 5.98. The first-order chi connectivity index (χ1) is 14.9. The third kappa shape index (κ3) is 5.56. The second-order valence-electron chi connectivity index (χ2n) is 7.34. The Balaban J connectivity index is 1.78. The smallest absolute Gasteiger partial charge is 0.179 e. The van der Waals surface area contributed by atoms with E-state index in [0.717, 1.165) is 18.4 Å². The lowest BCUT2D eigenvalue weighted by Gasteiger charge is -2.26. The standard InChI is InChI=1S/C23H24ClN5O2/c1-15-11-17(24)6-9-21(15)31-19-7-4-16(5-8-19)22(26)20(13-30)23(27)28-18-3-2-10-29(12-18)14-25/h4-9,11,13,18H,2-3,10,12,26H2,1H3,(H2,27,28). The van der Waals surface area contributed by atoms with Crippen LogP contribution in [-0.2, 0) is 4.79 Å². The largest absolute Gasteiger partial charge is 0.457 e. The van der Waals surface area contributed by atoms with Gasteiger partial charge in [-0.25, -0.2) is 0 Å². The number of hydrogen-bond donors (Lipinski definition) is 2. The summed E-state index contributed by atoms with van der Waals surface area (Å²) in [5.41, 5.74) is 14.2. The number of ether oxygens (including phenoxy) is 1. The highest BCUT2D eigenvalue weighted by Gasteiger charge is 2.20. The van der Waals surface area contributed by atoms with Gasteiger partial charge in [-0.1, -0.05) is 11.6 Å². The average molecular weight is 438 g/mol. The Morgan fingerprint density at radius 2 is 2.03 bits per heavy atom. The molecule has 1 fully saturated rings. The van der Waals surface area contributed by atoms with Crippen LogP contribution in [0.3, 0.4) is 0 Å². The molecule has 0 aliphatic carbocycles. The van der Waals surface area contributed by atoms with Crippen LogP contribution in [0.5, 0.6) is 11.5 Å². The molecule has 2 aromatic carbocycles. The second-order valence-corrected chi connectivity index (χ2v) is 7.77. The van der Waals surface area contributed by atoms with Crippen LogP contribution in [0.4, 0.5) is 0 Å². The van der Waals surface area contributed by atoms with Crippen molar-refractivity contribution in [1.29, 1.82) is 5.26 Å². The topological polar surface area (TPSA) is 118 Å². The third-order valence-corrected chi connectivity index (χ3v) is 5.31. The molecule has 31 heavy (non-hydrogen) atoms. The Bertz CT molecular complexity index is 1060. The molecule has 2 aromatic rings. The lowest BCUT2D eigenvalue weighted by atomic mass is 10.0. The highest BCUT2D eigenvalue weighted by Crippen LogP contribution is 2.28. The maximum atomic E-state index is 11.7. The quantitative estimate of drug-likeness (QED) is 0.234. The second kappa shape index (κ2) is 10.0. The van der Waals surface area contributed by atoms with Gasteiger partial charge in [-0.3, -0.25) is 9.79 Å². The molecule has 0 saturated carbocycles. The maximum Gasteiger partial charge on any atom is 0.179 e. The molecule has 8 heteroatoms. The number of carbonyl (C=O) groups is 1. The molecular weight excluding hydrogens is 414 g/mol. The van der Waals surface area contributed by atoms with Crippen LogP contribution in [0.2, 0.25) is 5.02 Å². The summed E-state index contributed by atoms with van der Waals surface area (Å²) in [5.74, 6) is 1.40. The summed E-state index contributed by atoms with van der Waals surface area (Å²) in [6, 6.07) is 12.3. The Kier molecular flexibility index (Phi) is 7.16. The van der Waals surface area contributed by atoms with Crippen LogP contribution in [0.1, 0.15) is 24.0 Å². The van der Waals surface area contributed by atoms with Crippen molar-refractivity contribution in [3.63, 3.8) is 0 Å². The molecule has 0 amide bonds. The fourth-order valence-electron chi connectivity index (χ4n) is 3.39. The summed E-state index contributed by atoms with van der Waals surface area (Å²) in [6.45, 7) is 3.11. The summed E-state index contributed by atoms with van der Waals surface area (Å²) in [7, 11) is 0. The van der Waals surface area contributed by atoms with Gasteiger partial charge in [0.25, 0.3) is 0 Å². The van der Waals surface area contributed by atoms with Crippen molar-refractivity contribution in [2.24, 2.45) is 16.5 Å². The third-order valence-electron chi connectivity index (χ3n) is 5.07. The number of amidine groups is 1. The lowest BCUT2D eigenvalue weighted by Crippen LogP contribution is -2.35. The van der Waals surface area contributed by atoms with Crippen molar-refractivity contribution >= 4 is 29.4 Å². The van der Waals surface area contributed by atoms with Gasteiger partial charge >= 0.3 is 0 Å². The molecule has 0 spiro atoms. The van der Waals surface area contributed by atoms with Gasteiger partial charge in [0.2, 0.25) is 0 Å². The predicted molar refractivity (Wildman–Crippen MR) is 122 cm³/mol. The first-order valence-electron chi connectivity index (χ1n) is 9.89. The number of likely N-dealkylation sites (tertiary alicyclic amines) is 1. The number of nitrogens with two attached hydrogens (primary N) is 2. The van der Waals surface area contributed by atoms with Crippen molar-refractivity contribution in [1.82, 2.24) is 4.90 Å². The number of piperidine rings is 1. The number of rotatable bonds is 6. The Labute approximate surface area is 186 Å². The molecule has 0 bridgehead atoms. The van der Waals surface area contributed by atoms with Gasteiger partial charge in [0.15, 0.2) is 12.5 Å². The number of aliphatic imine (C=N–C) groups is 1. The van der Waals surface area contributed by atoms with E-state index in [0.29, 0.717) is 41.5 Å². The zero-order valence-electron chi connectivity index (χ0n) is 17.2. The maximum absolute atomic E-state index is 11.7. The van der Waals surface area contributed by atoms with E-state index in [9.17, 15) is 4.79 Å². The molecule has 1 unspecified atom stereocenters. The van der Waals surface area contributed by atoms with Crippen molar-refractivity contribution < 1.29 is 9.53 Å². The molecule has 1 aliphatic rings. The minimum atomic E-state index is -0.144. The van der Waals surface area contributed by atoms with Gasteiger partial charge in [0.1, 0.15) is 17.3 Å². The number of aldehydes is 1.